The Morgan fingerprint density at radius 1 is 1.32 bits per heavy atom. The molecule has 2 aromatic heterocycles. The summed E-state index contributed by atoms with van der Waals surface area (Å²) in [6.07, 6.45) is 1.93. The molecule has 0 aliphatic heterocycles. The van der Waals surface area contributed by atoms with Gasteiger partial charge in [0.2, 0.25) is 17.7 Å². The molecule has 0 bridgehead atoms. The number of hydrogen-bond donors (Lipinski definition) is 1. The SMILES string of the molecule is CC(C)CC(=O)n1nc(-c2ccco2)nc1NCc1cccc(Cl)c1. The van der Waals surface area contributed by atoms with E-state index in [4.69, 9.17) is 16.0 Å². The highest BCUT2D eigenvalue weighted by Crippen LogP contribution is 2.20. The number of halogens is 1. The van der Waals surface area contributed by atoms with Crippen LogP contribution in [-0.2, 0) is 6.54 Å². The highest BCUT2D eigenvalue weighted by Gasteiger charge is 2.19. The van der Waals surface area contributed by atoms with Crippen molar-refractivity contribution in [2.75, 3.05) is 5.32 Å². The lowest BCUT2D eigenvalue weighted by atomic mass is 10.1. The molecular weight excluding hydrogens is 340 g/mol. The second-order valence-corrected chi connectivity index (χ2v) is 6.56. The van der Waals surface area contributed by atoms with E-state index in [2.05, 4.69) is 15.4 Å². The van der Waals surface area contributed by atoms with Crippen molar-refractivity contribution < 1.29 is 9.21 Å². The first-order chi connectivity index (χ1) is 12.0. The monoisotopic (exact) mass is 358 g/mol. The second-order valence-electron chi connectivity index (χ2n) is 6.12. The lowest BCUT2D eigenvalue weighted by molar-refractivity contribution is 0.0873. The van der Waals surface area contributed by atoms with Crippen molar-refractivity contribution in [3.8, 4) is 11.6 Å². The van der Waals surface area contributed by atoms with Crippen LogP contribution in [-0.4, -0.2) is 20.7 Å². The van der Waals surface area contributed by atoms with Crippen LogP contribution < -0.4 is 5.32 Å². The molecule has 0 saturated carbocycles. The third-order valence-electron chi connectivity index (χ3n) is 3.51. The second kappa shape index (κ2) is 7.53. The molecule has 1 aromatic carbocycles. The number of aromatic nitrogens is 3. The highest BCUT2D eigenvalue weighted by molar-refractivity contribution is 6.30. The van der Waals surface area contributed by atoms with E-state index >= 15 is 0 Å². The summed E-state index contributed by atoms with van der Waals surface area (Å²) in [6.45, 7) is 4.45. The molecule has 7 heteroatoms. The molecule has 25 heavy (non-hydrogen) atoms. The minimum Gasteiger partial charge on any atom is -0.461 e. The lowest BCUT2D eigenvalue weighted by Crippen LogP contribution is -2.18. The van der Waals surface area contributed by atoms with Gasteiger partial charge in [0.1, 0.15) is 0 Å². The molecule has 0 unspecified atom stereocenters. The van der Waals surface area contributed by atoms with E-state index in [9.17, 15) is 4.79 Å². The average molecular weight is 359 g/mol. The van der Waals surface area contributed by atoms with Gasteiger partial charge < -0.3 is 9.73 Å². The van der Waals surface area contributed by atoms with Crippen molar-refractivity contribution in [1.82, 2.24) is 14.8 Å². The van der Waals surface area contributed by atoms with Crippen LogP contribution in [0.15, 0.2) is 47.1 Å². The lowest BCUT2D eigenvalue weighted by Gasteiger charge is -2.08. The van der Waals surface area contributed by atoms with E-state index < -0.39 is 0 Å². The van der Waals surface area contributed by atoms with Gasteiger partial charge in [-0.15, -0.1) is 5.10 Å². The summed E-state index contributed by atoms with van der Waals surface area (Å²) in [7, 11) is 0. The fourth-order valence-electron chi connectivity index (χ4n) is 2.37. The van der Waals surface area contributed by atoms with Gasteiger partial charge in [0.25, 0.3) is 0 Å². The average Bonchev–Trinajstić information content (AvgIpc) is 3.21. The Labute approximate surface area is 150 Å². The molecule has 3 aromatic rings. The fraction of sp³-hybridized carbons (Fsp3) is 0.278. The zero-order valence-electron chi connectivity index (χ0n) is 14.1. The smallest absolute Gasteiger partial charge is 0.250 e. The van der Waals surface area contributed by atoms with E-state index in [0.717, 1.165) is 5.56 Å². The van der Waals surface area contributed by atoms with Crippen LogP contribution in [0, 0.1) is 5.92 Å². The van der Waals surface area contributed by atoms with Crippen LogP contribution in [0.2, 0.25) is 5.02 Å². The minimum atomic E-state index is -0.117. The Hall–Kier alpha value is -2.60. The van der Waals surface area contributed by atoms with Crippen LogP contribution in [0.4, 0.5) is 5.95 Å². The fourth-order valence-corrected chi connectivity index (χ4v) is 2.59. The molecule has 0 spiro atoms. The molecule has 0 aliphatic rings. The van der Waals surface area contributed by atoms with Crippen molar-refractivity contribution in [3.05, 3.63) is 53.2 Å². The van der Waals surface area contributed by atoms with E-state index in [-0.39, 0.29) is 11.8 Å². The molecule has 0 saturated heterocycles. The first kappa shape index (κ1) is 17.2. The predicted octanol–water partition coefficient (Wildman–Crippen LogP) is 4.49. The van der Waals surface area contributed by atoms with Gasteiger partial charge in [-0.1, -0.05) is 37.6 Å². The zero-order valence-corrected chi connectivity index (χ0v) is 14.8. The van der Waals surface area contributed by atoms with Gasteiger partial charge in [-0.3, -0.25) is 4.79 Å². The van der Waals surface area contributed by atoms with Crippen molar-refractivity contribution in [3.63, 3.8) is 0 Å². The van der Waals surface area contributed by atoms with Gasteiger partial charge in [-0.2, -0.15) is 9.67 Å². The molecule has 1 N–H and O–H groups in total. The van der Waals surface area contributed by atoms with Gasteiger partial charge in [-0.25, -0.2) is 0 Å². The maximum absolute atomic E-state index is 12.5. The minimum absolute atomic E-state index is 0.117. The third kappa shape index (κ3) is 4.28. The Bertz CT molecular complexity index is 856. The molecule has 2 heterocycles. The van der Waals surface area contributed by atoms with Crippen molar-refractivity contribution >= 4 is 23.5 Å². The van der Waals surface area contributed by atoms with Crippen LogP contribution >= 0.6 is 11.6 Å². The van der Waals surface area contributed by atoms with Gasteiger partial charge in [0.05, 0.1) is 6.26 Å². The molecule has 0 fully saturated rings. The van der Waals surface area contributed by atoms with E-state index in [1.807, 2.05) is 38.1 Å². The number of benzene rings is 1. The Balaban J connectivity index is 1.86. The van der Waals surface area contributed by atoms with Gasteiger partial charge in [0, 0.05) is 18.0 Å². The van der Waals surface area contributed by atoms with E-state index in [1.54, 1.807) is 18.4 Å². The Morgan fingerprint density at radius 3 is 2.84 bits per heavy atom. The summed E-state index contributed by atoms with van der Waals surface area (Å²) in [5, 5.41) is 8.13. The van der Waals surface area contributed by atoms with Crippen LogP contribution in [0.25, 0.3) is 11.6 Å². The number of anilines is 1. The standard InChI is InChI=1S/C18H19ClN4O2/c1-12(2)9-16(24)23-18(20-11-13-5-3-6-14(19)10-13)21-17(22-23)15-7-4-8-25-15/h3-8,10,12H,9,11H2,1-2H3,(H,20,21,22). The third-order valence-corrected chi connectivity index (χ3v) is 3.74. The molecule has 6 nitrogen and oxygen atoms in total. The number of carbonyl (C=O) groups excluding carboxylic acids is 1. The molecule has 130 valence electrons. The van der Waals surface area contributed by atoms with Gasteiger partial charge in [-0.05, 0) is 35.7 Å². The summed E-state index contributed by atoms with van der Waals surface area (Å²) in [6, 6.07) is 11.0. The number of furan rings is 1. The first-order valence-corrected chi connectivity index (χ1v) is 8.43. The Kier molecular flexibility index (Phi) is 5.19. The molecule has 0 atom stereocenters. The van der Waals surface area contributed by atoms with Gasteiger partial charge in [0.15, 0.2) is 5.76 Å². The topological polar surface area (TPSA) is 73.0 Å². The summed E-state index contributed by atoms with van der Waals surface area (Å²) >= 11 is 6.01. The first-order valence-electron chi connectivity index (χ1n) is 8.05. The highest BCUT2D eigenvalue weighted by atomic mass is 35.5. The van der Waals surface area contributed by atoms with Crippen LogP contribution in [0.3, 0.4) is 0 Å². The number of nitrogens with zero attached hydrogens (tertiary/aromatic N) is 3. The van der Waals surface area contributed by atoms with Gasteiger partial charge >= 0.3 is 0 Å². The maximum Gasteiger partial charge on any atom is 0.250 e. The number of hydrogen-bond acceptors (Lipinski definition) is 5. The van der Waals surface area contributed by atoms with Crippen LogP contribution in [0.1, 0.15) is 30.6 Å². The number of nitrogens with one attached hydrogen (secondary N) is 1. The number of rotatable bonds is 6. The summed E-state index contributed by atoms with van der Waals surface area (Å²) in [5.41, 5.74) is 0.984. The Morgan fingerprint density at radius 2 is 2.16 bits per heavy atom. The maximum atomic E-state index is 12.5. The van der Waals surface area contributed by atoms with Crippen molar-refractivity contribution in [2.45, 2.75) is 26.8 Å². The predicted molar refractivity (Wildman–Crippen MR) is 96.6 cm³/mol. The molecule has 0 aliphatic carbocycles. The molecule has 0 amide bonds. The van der Waals surface area contributed by atoms with E-state index in [0.29, 0.717) is 35.5 Å². The quantitative estimate of drug-likeness (QED) is 0.702. The van der Waals surface area contributed by atoms with Crippen LogP contribution in [0.5, 0.6) is 0 Å². The molecule has 0 radical (unpaired) electrons. The molecule has 3 rings (SSSR count). The van der Waals surface area contributed by atoms with E-state index in [1.165, 1.54) is 4.68 Å². The molecular formula is C18H19ClN4O2. The largest absolute Gasteiger partial charge is 0.461 e. The summed E-state index contributed by atoms with van der Waals surface area (Å²) in [5.74, 6) is 1.38. The summed E-state index contributed by atoms with van der Waals surface area (Å²) in [4.78, 5) is 16.9. The number of carbonyl (C=O) groups is 1. The van der Waals surface area contributed by atoms with Crippen molar-refractivity contribution in [1.29, 1.82) is 0 Å². The summed E-state index contributed by atoms with van der Waals surface area (Å²) < 4.78 is 6.64. The normalized spacial score (nSPS) is 11.0. The van der Waals surface area contributed by atoms with Crippen molar-refractivity contribution in [2.24, 2.45) is 5.92 Å². The zero-order chi connectivity index (χ0) is 17.8.